The Morgan fingerprint density at radius 2 is 1.96 bits per heavy atom. The molecule has 28 heavy (non-hydrogen) atoms. The van der Waals surface area contributed by atoms with Gasteiger partial charge in [-0.05, 0) is 36.8 Å². The van der Waals surface area contributed by atoms with Crippen LogP contribution in [0, 0.1) is 10.1 Å². The minimum absolute atomic E-state index is 0.0420. The molecule has 0 fully saturated rings. The third-order valence-corrected chi connectivity index (χ3v) is 4.65. The highest BCUT2D eigenvalue weighted by Crippen LogP contribution is 2.33. The highest BCUT2D eigenvalue weighted by atomic mass is 35.5. The summed E-state index contributed by atoms with van der Waals surface area (Å²) in [6.07, 6.45) is 0. The van der Waals surface area contributed by atoms with E-state index in [1.165, 1.54) is 18.2 Å². The molecule has 3 rings (SSSR count). The van der Waals surface area contributed by atoms with E-state index in [1.807, 2.05) is 0 Å². The van der Waals surface area contributed by atoms with Gasteiger partial charge in [-0.15, -0.1) is 0 Å². The number of halogens is 2. The van der Waals surface area contributed by atoms with Crippen molar-refractivity contribution in [2.24, 2.45) is 0 Å². The van der Waals surface area contributed by atoms with Crippen LogP contribution in [-0.2, 0) is 4.79 Å². The Hall–Kier alpha value is -3.10. The molecule has 0 saturated carbocycles. The van der Waals surface area contributed by atoms with E-state index < -0.39 is 22.9 Å². The molecule has 1 atom stereocenters. The highest BCUT2D eigenvalue weighted by molar-refractivity contribution is 6.32. The first kappa shape index (κ1) is 19.7. The van der Waals surface area contributed by atoms with Crippen LogP contribution in [0.5, 0.6) is 0 Å². The predicted molar refractivity (Wildman–Crippen MR) is 105 cm³/mol. The quantitative estimate of drug-likeness (QED) is 0.508. The number of hydrogen-bond acceptors (Lipinski definition) is 4. The normalized spacial score (nSPS) is 16.2. The van der Waals surface area contributed by atoms with Gasteiger partial charge >= 0.3 is 6.03 Å². The first-order chi connectivity index (χ1) is 13.3. The second-order valence-corrected chi connectivity index (χ2v) is 6.85. The molecule has 0 bridgehead atoms. The molecular weight excluding hydrogens is 407 g/mol. The summed E-state index contributed by atoms with van der Waals surface area (Å²) in [4.78, 5) is 35.4. The lowest BCUT2D eigenvalue weighted by Crippen LogP contribution is -2.46. The largest absolute Gasteiger partial charge is 0.327 e. The molecule has 8 nitrogen and oxygen atoms in total. The standard InChI is InChI=1S/C18H14Cl2N4O4/c1-9-15(17(25)22-12-4-2-3-11(19)8-12)16(23-18(26)21-9)10-5-6-13(20)14(7-10)24(27)28/h2-8,16H,1H3,(H,22,25)(H2,21,23,26)/t16-/m1/s1. The number of urea groups is 1. The number of rotatable bonds is 4. The van der Waals surface area contributed by atoms with Gasteiger partial charge in [-0.1, -0.05) is 35.3 Å². The van der Waals surface area contributed by atoms with Crippen molar-refractivity contribution in [1.82, 2.24) is 10.6 Å². The maximum Gasteiger partial charge on any atom is 0.319 e. The van der Waals surface area contributed by atoms with E-state index in [0.29, 0.717) is 22.0 Å². The van der Waals surface area contributed by atoms with Gasteiger partial charge in [0, 0.05) is 22.5 Å². The van der Waals surface area contributed by atoms with E-state index in [9.17, 15) is 19.7 Å². The van der Waals surface area contributed by atoms with Crippen LogP contribution in [0.1, 0.15) is 18.5 Å². The fraction of sp³-hybridized carbons (Fsp3) is 0.111. The minimum Gasteiger partial charge on any atom is -0.327 e. The zero-order chi connectivity index (χ0) is 20.4. The predicted octanol–water partition coefficient (Wildman–Crippen LogP) is 4.17. The Bertz CT molecular complexity index is 1020. The second-order valence-electron chi connectivity index (χ2n) is 6.00. The fourth-order valence-electron chi connectivity index (χ4n) is 2.86. The van der Waals surface area contributed by atoms with Gasteiger partial charge < -0.3 is 16.0 Å². The number of nitrogens with zero attached hydrogens (tertiary/aromatic N) is 1. The van der Waals surface area contributed by atoms with Crippen LogP contribution in [0.3, 0.4) is 0 Å². The van der Waals surface area contributed by atoms with Gasteiger partial charge in [-0.25, -0.2) is 4.79 Å². The Labute approximate surface area is 169 Å². The van der Waals surface area contributed by atoms with E-state index in [-0.39, 0.29) is 16.3 Å². The fourth-order valence-corrected chi connectivity index (χ4v) is 3.24. The van der Waals surface area contributed by atoms with Crippen molar-refractivity contribution >= 4 is 46.5 Å². The number of carbonyl (C=O) groups is 2. The monoisotopic (exact) mass is 420 g/mol. The number of nitro benzene ring substituents is 1. The average molecular weight is 421 g/mol. The molecule has 0 spiro atoms. The summed E-state index contributed by atoms with van der Waals surface area (Å²) in [5.74, 6) is -0.491. The molecule has 3 N–H and O–H groups in total. The molecule has 0 aliphatic carbocycles. The summed E-state index contributed by atoms with van der Waals surface area (Å²) < 4.78 is 0. The molecule has 144 valence electrons. The number of benzene rings is 2. The third kappa shape index (κ3) is 4.08. The molecule has 0 radical (unpaired) electrons. The SMILES string of the molecule is CC1=C(C(=O)Nc2cccc(Cl)c2)[C@@H](c2ccc(Cl)c([N+](=O)[O-])c2)NC(=O)N1. The van der Waals surface area contributed by atoms with Gasteiger partial charge in [0.15, 0.2) is 0 Å². The summed E-state index contributed by atoms with van der Waals surface area (Å²) >= 11 is 11.8. The van der Waals surface area contributed by atoms with Gasteiger partial charge in [0.1, 0.15) is 5.02 Å². The molecule has 0 saturated heterocycles. The van der Waals surface area contributed by atoms with Gasteiger partial charge in [0.2, 0.25) is 0 Å². The zero-order valence-corrected chi connectivity index (χ0v) is 16.0. The molecule has 0 unspecified atom stereocenters. The first-order valence-electron chi connectivity index (χ1n) is 8.05. The molecule has 1 aliphatic heterocycles. The molecule has 10 heteroatoms. The molecule has 1 heterocycles. The van der Waals surface area contributed by atoms with Crippen molar-refractivity contribution in [3.8, 4) is 0 Å². The third-order valence-electron chi connectivity index (χ3n) is 4.10. The van der Waals surface area contributed by atoms with E-state index in [1.54, 1.807) is 31.2 Å². The van der Waals surface area contributed by atoms with Crippen LogP contribution >= 0.6 is 23.2 Å². The summed E-state index contributed by atoms with van der Waals surface area (Å²) in [5, 5.41) is 19.5. The lowest BCUT2D eigenvalue weighted by Gasteiger charge is -2.28. The summed E-state index contributed by atoms with van der Waals surface area (Å²) in [5.41, 5.74) is 1.03. The molecular formula is C18H14Cl2N4O4. The number of amides is 3. The Morgan fingerprint density at radius 3 is 2.64 bits per heavy atom. The minimum atomic E-state index is -0.899. The summed E-state index contributed by atoms with van der Waals surface area (Å²) in [6.45, 7) is 1.57. The zero-order valence-electron chi connectivity index (χ0n) is 14.5. The topological polar surface area (TPSA) is 113 Å². The van der Waals surface area contributed by atoms with Crippen molar-refractivity contribution in [3.05, 3.63) is 79.5 Å². The van der Waals surface area contributed by atoms with E-state index in [4.69, 9.17) is 23.2 Å². The molecule has 0 aromatic heterocycles. The Morgan fingerprint density at radius 1 is 1.21 bits per heavy atom. The highest BCUT2D eigenvalue weighted by Gasteiger charge is 2.32. The van der Waals surface area contributed by atoms with E-state index in [0.717, 1.165) is 0 Å². The smallest absolute Gasteiger partial charge is 0.319 e. The van der Waals surface area contributed by atoms with Crippen LogP contribution in [0.25, 0.3) is 0 Å². The molecule has 2 aromatic rings. The van der Waals surface area contributed by atoms with Crippen LogP contribution in [0.15, 0.2) is 53.7 Å². The Balaban J connectivity index is 2.00. The number of nitro groups is 1. The number of allylic oxidation sites excluding steroid dienone is 1. The van der Waals surface area contributed by atoms with Crippen molar-refractivity contribution in [2.45, 2.75) is 13.0 Å². The maximum atomic E-state index is 12.9. The Kier molecular flexibility index (Phi) is 5.53. The van der Waals surface area contributed by atoms with Crippen molar-refractivity contribution in [2.75, 3.05) is 5.32 Å². The van der Waals surface area contributed by atoms with Crippen LogP contribution in [0.4, 0.5) is 16.2 Å². The molecule has 1 aliphatic rings. The van der Waals surface area contributed by atoms with Crippen molar-refractivity contribution in [1.29, 1.82) is 0 Å². The average Bonchev–Trinajstić information content (AvgIpc) is 2.61. The van der Waals surface area contributed by atoms with Crippen LogP contribution < -0.4 is 16.0 Å². The number of hydrogen-bond donors (Lipinski definition) is 3. The lowest BCUT2D eigenvalue weighted by atomic mass is 9.94. The van der Waals surface area contributed by atoms with Crippen LogP contribution in [-0.4, -0.2) is 16.9 Å². The molecule has 2 aromatic carbocycles. The number of anilines is 1. The van der Waals surface area contributed by atoms with Gasteiger partial charge in [0.25, 0.3) is 11.6 Å². The van der Waals surface area contributed by atoms with E-state index >= 15 is 0 Å². The lowest BCUT2D eigenvalue weighted by molar-refractivity contribution is -0.384. The molecule has 3 amide bonds. The first-order valence-corrected chi connectivity index (χ1v) is 8.81. The summed E-state index contributed by atoms with van der Waals surface area (Å²) in [7, 11) is 0. The maximum absolute atomic E-state index is 12.9. The van der Waals surface area contributed by atoms with Gasteiger partial charge in [-0.3, -0.25) is 14.9 Å². The van der Waals surface area contributed by atoms with Gasteiger partial charge in [0.05, 0.1) is 16.5 Å². The van der Waals surface area contributed by atoms with Crippen LogP contribution in [0.2, 0.25) is 10.0 Å². The number of carbonyl (C=O) groups excluding carboxylic acids is 2. The second kappa shape index (κ2) is 7.87. The van der Waals surface area contributed by atoms with Crippen molar-refractivity contribution in [3.63, 3.8) is 0 Å². The van der Waals surface area contributed by atoms with Crippen molar-refractivity contribution < 1.29 is 14.5 Å². The van der Waals surface area contributed by atoms with E-state index in [2.05, 4.69) is 16.0 Å². The van der Waals surface area contributed by atoms with Gasteiger partial charge in [-0.2, -0.15) is 0 Å². The summed E-state index contributed by atoms with van der Waals surface area (Å²) in [6, 6.07) is 9.26. The number of nitrogens with one attached hydrogen (secondary N) is 3.